The fraction of sp³-hybridized carbons (Fsp3) is 0.684. The summed E-state index contributed by atoms with van der Waals surface area (Å²) in [7, 11) is 0. The molecule has 0 unspecified atom stereocenters. The second-order valence-corrected chi connectivity index (χ2v) is 14.8. The highest BCUT2D eigenvalue weighted by Crippen LogP contribution is 2.34. The van der Waals surface area contributed by atoms with Gasteiger partial charge in [-0.15, -0.1) is 0 Å². The van der Waals surface area contributed by atoms with Gasteiger partial charge < -0.3 is 69.5 Å². The summed E-state index contributed by atoms with van der Waals surface area (Å²) in [6.45, 7) is 0.766. The van der Waals surface area contributed by atoms with E-state index in [4.69, 9.17) is 28.4 Å². The highest BCUT2D eigenvalue weighted by Gasteiger charge is 2.51. The third-order valence-corrected chi connectivity index (χ3v) is 11.0. The number of benzene rings is 2. The van der Waals surface area contributed by atoms with Crippen LogP contribution in [0, 0.1) is 5.92 Å². The van der Waals surface area contributed by atoms with Gasteiger partial charge in [0, 0.05) is 18.7 Å². The average Bonchev–Trinajstić information content (AvgIpc) is 3.18. The Bertz CT molecular complexity index is 1540. The van der Waals surface area contributed by atoms with Gasteiger partial charge in [0.1, 0.15) is 54.9 Å². The van der Waals surface area contributed by atoms with Gasteiger partial charge in [-0.05, 0) is 48.6 Å². The van der Waals surface area contributed by atoms with Gasteiger partial charge >= 0.3 is 5.97 Å². The Hall–Kier alpha value is -2.84. The monoisotopic (exact) mass is 763 g/mol. The fourth-order valence-electron chi connectivity index (χ4n) is 7.86. The van der Waals surface area contributed by atoms with Crippen molar-refractivity contribution in [2.24, 2.45) is 5.92 Å². The zero-order chi connectivity index (χ0) is 38.5. The van der Waals surface area contributed by atoms with Crippen molar-refractivity contribution in [3.05, 3.63) is 48.0 Å². The van der Waals surface area contributed by atoms with Gasteiger partial charge in [-0.3, -0.25) is 4.79 Å². The lowest BCUT2D eigenvalue weighted by Crippen LogP contribution is -2.64. The lowest BCUT2D eigenvalue weighted by Gasteiger charge is -2.47. The van der Waals surface area contributed by atoms with Gasteiger partial charge in [-0.25, -0.2) is 4.79 Å². The Kier molecular flexibility index (Phi) is 13.9. The van der Waals surface area contributed by atoms with Crippen molar-refractivity contribution in [3.8, 4) is 0 Å². The number of fused-ring (bicyclic) bond motifs is 1. The molecule has 4 aliphatic rings. The van der Waals surface area contributed by atoms with Crippen LogP contribution in [-0.2, 0) is 33.2 Å². The van der Waals surface area contributed by atoms with Crippen LogP contribution in [0.25, 0.3) is 10.8 Å². The van der Waals surface area contributed by atoms with E-state index in [-0.39, 0.29) is 31.9 Å². The van der Waals surface area contributed by atoms with Crippen LogP contribution in [-0.4, -0.2) is 153 Å². The summed E-state index contributed by atoms with van der Waals surface area (Å²) in [6.07, 6.45) is -14.2. The first-order valence-corrected chi connectivity index (χ1v) is 18.8. The number of carboxylic acid groups (broad SMARTS) is 1. The van der Waals surface area contributed by atoms with Crippen LogP contribution in [0.1, 0.15) is 62.2 Å². The molecule has 0 radical (unpaired) electrons. The molecule has 3 aliphatic heterocycles. The molecule has 16 heteroatoms. The van der Waals surface area contributed by atoms with Gasteiger partial charge in [0.15, 0.2) is 18.7 Å². The predicted molar refractivity (Wildman–Crippen MR) is 188 cm³/mol. The molecule has 8 N–H and O–H groups in total. The van der Waals surface area contributed by atoms with E-state index in [0.29, 0.717) is 5.56 Å². The van der Waals surface area contributed by atoms with Gasteiger partial charge in [0.2, 0.25) is 0 Å². The van der Waals surface area contributed by atoms with Crippen molar-refractivity contribution in [2.45, 2.75) is 138 Å². The summed E-state index contributed by atoms with van der Waals surface area (Å²) in [5.41, 5.74) is 0.397. The highest BCUT2D eigenvalue weighted by atomic mass is 16.7. The molecule has 6 rings (SSSR count). The lowest BCUT2D eigenvalue weighted by atomic mass is 9.85. The van der Waals surface area contributed by atoms with Gasteiger partial charge in [-0.1, -0.05) is 62.4 Å². The average molecular weight is 764 g/mol. The number of hydrogen-bond acceptors (Lipinski definition) is 14. The molecule has 14 atom stereocenters. The number of aliphatic carboxylic acids is 1. The zero-order valence-corrected chi connectivity index (χ0v) is 30.2. The minimum Gasteiger partial charge on any atom is -0.479 e. The molecule has 1 saturated carbocycles. The number of carbonyl (C=O) groups excluding carboxylic acids is 1. The summed E-state index contributed by atoms with van der Waals surface area (Å²) >= 11 is 0. The molecule has 1 aliphatic carbocycles. The van der Waals surface area contributed by atoms with Crippen molar-refractivity contribution in [1.29, 1.82) is 0 Å². The Labute approximate surface area is 312 Å². The van der Waals surface area contributed by atoms with Crippen molar-refractivity contribution in [1.82, 2.24) is 5.32 Å². The second-order valence-electron chi connectivity index (χ2n) is 14.8. The summed E-state index contributed by atoms with van der Waals surface area (Å²) in [5, 5.41) is 79.0. The maximum Gasteiger partial charge on any atom is 0.332 e. The Morgan fingerprint density at radius 2 is 1.54 bits per heavy atom. The SMILES string of the molecule is C[C@@H]1O[C@@H](O[C@@H]2[C@@H](CNC(=O)c3ccc4ccccc4c3)OCC[C@H]2O[C@@H]2O[C@H](CO)[C@H](O)[C@H](O[C@@H](CC3CCCCC3)C(=O)O)[C@H]2O)[C@@H](O)[C@H](O)[C@@H]1O. The quantitative estimate of drug-likeness (QED) is 0.136. The molecule has 0 spiro atoms. The molecule has 2 aromatic rings. The first-order chi connectivity index (χ1) is 25.9. The van der Waals surface area contributed by atoms with Crippen LogP contribution >= 0.6 is 0 Å². The molecule has 3 heterocycles. The van der Waals surface area contributed by atoms with Crippen molar-refractivity contribution >= 4 is 22.6 Å². The molecule has 300 valence electrons. The Balaban J connectivity index is 1.20. The highest BCUT2D eigenvalue weighted by molar-refractivity contribution is 5.98. The topological polar surface area (TPSA) is 243 Å². The largest absolute Gasteiger partial charge is 0.479 e. The van der Waals surface area contributed by atoms with E-state index in [1.807, 2.05) is 30.3 Å². The molecule has 4 fully saturated rings. The second kappa shape index (κ2) is 18.4. The third kappa shape index (κ3) is 9.40. The molecule has 0 bridgehead atoms. The van der Waals surface area contributed by atoms with Crippen LogP contribution in [0.15, 0.2) is 42.5 Å². The number of aliphatic hydroxyl groups excluding tert-OH is 6. The molecular formula is C38H53NO15. The van der Waals surface area contributed by atoms with Crippen LogP contribution in [0.5, 0.6) is 0 Å². The number of aliphatic hydroxyl groups is 6. The first-order valence-electron chi connectivity index (χ1n) is 18.8. The zero-order valence-electron chi connectivity index (χ0n) is 30.2. The standard InChI is InChI=1S/C38H53NO15/c1-19-28(41)30(43)31(44)37(50-19)54-33-24(13-14-49-26(33)17-39-35(46)23-12-11-21-9-5-6-10-22(21)16-23)52-38-32(45)34(29(42)27(18-40)53-38)51-25(36(47)48)15-20-7-3-2-4-8-20/h5-6,9-12,16,19-20,24-34,37-38,40-45H,2-4,7-8,13-15,17-18H2,1H3,(H,39,46)(H,47,48)/t19-,24+,25-,26+,27+,28+,29-,30+,31-,32+,33-,34-,37-,38+/m0/s1. The number of amides is 1. The minimum atomic E-state index is -1.72. The molecule has 0 aromatic heterocycles. The van der Waals surface area contributed by atoms with Crippen LogP contribution in [0.4, 0.5) is 0 Å². The van der Waals surface area contributed by atoms with Crippen molar-refractivity contribution in [2.75, 3.05) is 19.8 Å². The van der Waals surface area contributed by atoms with Crippen LogP contribution in [0.2, 0.25) is 0 Å². The fourth-order valence-corrected chi connectivity index (χ4v) is 7.86. The predicted octanol–water partition coefficient (Wildman–Crippen LogP) is 0.204. The maximum atomic E-state index is 13.3. The van der Waals surface area contributed by atoms with E-state index in [2.05, 4.69) is 5.32 Å². The summed E-state index contributed by atoms with van der Waals surface area (Å²) in [5.74, 6) is -1.55. The number of rotatable bonds is 13. The number of hydrogen-bond donors (Lipinski definition) is 8. The summed E-state index contributed by atoms with van der Waals surface area (Å²) < 4.78 is 36.0. The summed E-state index contributed by atoms with van der Waals surface area (Å²) in [4.78, 5) is 25.6. The molecule has 1 amide bonds. The number of nitrogens with one attached hydrogen (secondary N) is 1. The Morgan fingerprint density at radius 1 is 0.815 bits per heavy atom. The van der Waals surface area contributed by atoms with E-state index in [1.165, 1.54) is 6.92 Å². The number of carboxylic acids is 1. The van der Waals surface area contributed by atoms with E-state index >= 15 is 0 Å². The third-order valence-electron chi connectivity index (χ3n) is 11.0. The summed E-state index contributed by atoms with van der Waals surface area (Å²) in [6, 6.07) is 12.9. The van der Waals surface area contributed by atoms with E-state index < -0.39 is 104 Å². The normalized spacial score (nSPS) is 37.1. The van der Waals surface area contributed by atoms with Gasteiger partial charge in [0.05, 0.1) is 18.8 Å². The molecule has 2 aromatic carbocycles. The molecule has 3 saturated heterocycles. The van der Waals surface area contributed by atoms with Crippen molar-refractivity contribution in [3.63, 3.8) is 0 Å². The minimum absolute atomic E-state index is 0.0874. The van der Waals surface area contributed by atoms with E-state index in [0.717, 1.165) is 42.9 Å². The van der Waals surface area contributed by atoms with Crippen LogP contribution < -0.4 is 5.32 Å². The van der Waals surface area contributed by atoms with E-state index in [1.54, 1.807) is 12.1 Å². The smallest absolute Gasteiger partial charge is 0.332 e. The lowest BCUT2D eigenvalue weighted by molar-refractivity contribution is -0.355. The van der Waals surface area contributed by atoms with Crippen LogP contribution in [0.3, 0.4) is 0 Å². The van der Waals surface area contributed by atoms with Gasteiger partial charge in [0.25, 0.3) is 5.91 Å². The number of ether oxygens (including phenoxy) is 6. The Morgan fingerprint density at radius 3 is 2.26 bits per heavy atom. The van der Waals surface area contributed by atoms with E-state index in [9.17, 15) is 45.3 Å². The van der Waals surface area contributed by atoms with Gasteiger partial charge in [-0.2, -0.15) is 0 Å². The van der Waals surface area contributed by atoms with Crippen molar-refractivity contribution < 1.29 is 73.8 Å². The first kappa shape index (κ1) is 40.8. The maximum absolute atomic E-state index is 13.3. The number of carbonyl (C=O) groups is 2. The molecular weight excluding hydrogens is 710 g/mol. The molecule has 54 heavy (non-hydrogen) atoms. The molecule has 16 nitrogen and oxygen atoms in total.